The fourth-order valence-electron chi connectivity index (χ4n) is 3.19. The second-order valence-electron chi connectivity index (χ2n) is 5.04. The van der Waals surface area contributed by atoms with Gasteiger partial charge in [-0.3, -0.25) is 0 Å². The van der Waals surface area contributed by atoms with Crippen LogP contribution in [0.25, 0.3) is 0 Å². The average Bonchev–Trinajstić information content (AvgIpc) is 2.80. The number of aliphatic hydroxyl groups is 1. The molecule has 16 heavy (non-hydrogen) atoms. The summed E-state index contributed by atoms with van der Waals surface area (Å²) in [5.74, 6) is 0.987. The number of aryl methyl sites for hydroxylation is 1. The van der Waals surface area contributed by atoms with E-state index >= 15 is 0 Å². The Morgan fingerprint density at radius 1 is 1.38 bits per heavy atom. The molecular formula is C13H19NO2. The van der Waals surface area contributed by atoms with Crippen molar-refractivity contribution in [2.45, 2.75) is 50.2 Å². The molecule has 2 aliphatic rings. The summed E-state index contributed by atoms with van der Waals surface area (Å²) in [7, 11) is 0. The molecule has 3 nitrogen and oxygen atoms in total. The van der Waals surface area contributed by atoms with Gasteiger partial charge >= 0.3 is 0 Å². The lowest BCUT2D eigenvalue weighted by molar-refractivity contribution is -0.0288. The Morgan fingerprint density at radius 3 is 3.12 bits per heavy atom. The van der Waals surface area contributed by atoms with Crippen LogP contribution in [0, 0.1) is 0 Å². The van der Waals surface area contributed by atoms with Crippen molar-refractivity contribution in [1.82, 2.24) is 5.32 Å². The number of hydrogen-bond acceptors (Lipinski definition) is 3. The largest absolute Gasteiger partial charge is 0.469 e. The van der Waals surface area contributed by atoms with Crippen molar-refractivity contribution in [2.24, 2.45) is 0 Å². The normalized spacial score (nSPS) is 34.7. The predicted octanol–water partition coefficient (Wildman–Crippen LogP) is 1.95. The van der Waals surface area contributed by atoms with Gasteiger partial charge in [0.1, 0.15) is 11.4 Å². The van der Waals surface area contributed by atoms with Gasteiger partial charge in [0.25, 0.3) is 0 Å². The van der Waals surface area contributed by atoms with Crippen molar-refractivity contribution >= 4 is 0 Å². The van der Waals surface area contributed by atoms with E-state index in [4.69, 9.17) is 4.42 Å². The maximum absolute atomic E-state index is 10.9. The Bertz CT molecular complexity index is 368. The molecule has 0 radical (unpaired) electrons. The van der Waals surface area contributed by atoms with Crippen molar-refractivity contribution in [3.63, 3.8) is 0 Å². The van der Waals surface area contributed by atoms with Crippen molar-refractivity contribution in [3.05, 3.63) is 23.7 Å². The summed E-state index contributed by atoms with van der Waals surface area (Å²) < 4.78 is 5.45. The molecule has 0 amide bonds. The van der Waals surface area contributed by atoms with Gasteiger partial charge in [-0.1, -0.05) is 6.42 Å². The van der Waals surface area contributed by atoms with E-state index < -0.39 is 5.60 Å². The van der Waals surface area contributed by atoms with E-state index in [0.717, 1.165) is 43.6 Å². The molecule has 1 aromatic rings. The first-order valence-electron chi connectivity index (χ1n) is 6.33. The van der Waals surface area contributed by atoms with Gasteiger partial charge in [-0.25, -0.2) is 0 Å². The number of rotatable bonds is 1. The third-order valence-electron chi connectivity index (χ3n) is 4.06. The van der Waals surface area contributed by atoms with E-state index in [0.29, 0.717) is 0 Å². The molecule has 0 spiro atoms. The van der Waals surface area contributed by atoms with Crippen LogP contribution in [0.5, 0.6) is 0 Å². The van der Waals surface area contributed by atoms with Gasteiger partial charge in [-0.05, 0) is 38.3 Å². The maximum atomic E-state index is 10.9. The Morgan fingerprint density at radius 2 is 2.31 bits per heavy atom. The summed E-state index contributed by atoms with van der Waals surface area (Å²) in [4.78, 5) is 0. The molecule has 88 valence electrons. The second-order valence-corrected chi connectivity index (χ2v) is 5.04. The zero-order valence-corrected chi connectivity index (χ0v) is 9.54. The molecule has 2 atom stereocenters. The molecule has 1 aromatic heterocycles. The van der Waals surface area contributed by atoms with Crippen LogP contribution in [0.2, 0.25) is 0 Å². The second kappa shape index (κ2) is 3.90. The van der Waals surface area contributed by atoms with E-state index in [9.17, 15) is 5.11 Å². The highest BCUT2D eigenvalue weighted by Crippen LogP contribution is 2.40. The lowest BCUT2D eigenvalue weighted by Gasteiger charge is -2.41. The number of piperidine rings is 1. The molecule has 3 heteroatoms. The van der Waals surface area contributed by atoms with E-state index in [2.05, 4.69) is 5.32 Å². The monoisotopic (exact) mass is 221 g/mol. The summed E-state index contributed by atoms with van der Waals surface area (Å²) >= 11 is 0. The van der Waals surface area contributed by atoms with Crippen LogP contribution in [0.4, 0.5) is 0 Å². The van der Waals surface area contributed by atoms with Gasteiger partial charge in [0.05, 0.1) is 6.26 Å². The third kappa shape index (κ3) is 1.50. The highest BCUT2D eigenvalue weighted by Gasteiger charge is 2.43. The quantitative estimate of drug-likeness (QED) is 0.762. The predicted molar refractivity (Wildman–Crippen MR) is 61.2 cm³/mol. The summed E-state index contributed by atoms with van der Waals surface area (Å²) in [6.07, 6.45) is 8.08. The molecule has 0 bridgehead atoms. The van der Waals surface area contributed by atoms with E-state index in [1.165, 1.54) is 12.8 Å². The van der Waals surface area contributed by atoms with Crippen LogP contribution in [0.3, 0.4) is 0 Å². The lowest BCUT2D eigenvalue weighted by atomic mass is 9.75. The molecule has 1 aliphatic heterocycles. The first-order chi connectivity index (χ1) is 7.81. The Labute approximate surface area is 95.8 Å². The minimum atomic E-state index is -0.693. The molecule has 1 saturated heterocycles. The zero-order chi connectivity index (χ0) is 11.0. The SMILES string of the molecule is OC1(C2CCCCN2)CCCc2occc21. The lowest BCUT2D eigenvalue weighted by Crippen LogP contribution is -2.51. The van der Waals surface area contributed by atoms with Crippen molar-refractivity contribution in [1.29, 1.82) is 0 Å². The number of hydrogen-bond donors (Lipinski definition) is 2. The summed E-state index contributed by atoms with van der Waals surface area (Å²) in [5, 5.41) is 14.4. The van der Waals surface area contributed by atoms with Gasteiger partial charge in [0, 0.05) is 18.0 Å². The molecule has 0 aromatic carbocycles. The van der Waals surface area contributed by atoms with Crippen LogP contribution in [0.1, 0.15) is 43.4 Å². The topological polar surface area (TPSA) is 45.4 Å². The molecule has 1 aliphatic carbocycles. The van der Waals surface area contributed by atoms with Crippen molar-refractivity contribution in [3.8, 4) is 0 Å². The smallest absolute Gasteiger partial charge is 0.109 e. The molecular weight excluding hydrogens is 202 g/mol. The molecule has 3 rings (SSSR count). The molecule has 0 saturated carbocycles. The van der Waals surface area contributed by atoms with Crippen LogP contribution in [0.15, 0.2) is 16.7 Å². The summed E-state index contributed by atoms with van der Waals surface area (Å²) in [5.41, 5.74) is 0.333. The van der Waals surface area contributed by atoms with Crippen LogP contribution in [-0.2, 0) is 12.0 Å². The number of fused-ring (bicyclic) bond motifs is 1. The van der Waals surface area contributed by atoms with Gasteiger partial charge in [0.15, 0.2) is 0 Å². The van der Waals surface area contributed by atoms with Gasteiger partial charge in [-0.2, -0.15) is 0 Å². The highest BCUT2D eigenvalue weighted by atomic mass is 16.3. The van der Waals surface area contributed by atoms with Crippen LogP contribution >= 0.6 is 0 Å². The number of furan rings is 1. The van der Waals surface area contributed by atoms with Gasteiger partial charge in [0.2, 0.25) is 0 Å². The third-order valence-corrected chi connectivity index (χ3v) is 4.06. The van der Waals surface area contributed by atoms with E-state index in [1.807, 2.05) is 6.07 Å². The number of nitrogens with one attached hydrogen (secondary N) is 1. The Hall–Kier alpha value is -0.800. The maximum Gasteiger partial charge on any atom is 0.109 e. The first kappa shape index (κ1) is 10.4. The minimum Gasteiger partial charge on any atom is -0.469 e. The molecule has 2 unspecified atom stereocenters. The summed E-state index contributed by atoms with van der Waals surface area (Å²) in [6, 6.07) is 2.16. The van der Waals surface area contributed by atoms with Gasteiger partial charge in [-0.15, -0.1) is 0 Å². The van der Waals surface area contributed by atoms with E-state index in [1.54, 1.807) is 6.26 Å². The first-order valence-corrected chi connectivity index (χ1v) is 6.33. The average molecular weight is 221 g/mol. The Kier molecular flexibility index (Phi) is 2.52. The summed E-state index contributed by atoms with van der Waals surface area (Å²) in [6.45, 7) is 1.03. The fraction of sp³-hybridized carbons (Fsp3) is 0.692. The Balaban J connectivity index is 1.93. The van der Waals surface area contributed by atoms with Gasteiger partial charge < -0.3 is 14.8 Å². The van der Waals surface area contributed by atoms with Crippen molar-refractivity contribution in [2.75, 3.05) is 6.54 Å². The standard InChI is InChI=1S/C13H19NO2/c15-13(12-5-1-2-8-14-12)7-3-4-11-10(13)6-9-16-11/h6,9,12,14-15H,1-5,7-8H2. The van der Waals surface area contributed by atoms with Crippen molar-refractivity contribution < 1.29 is 9.52 Å². The highest BCUT2D eigenvalue weighted by molar-refractivity contribution is 5.29. The van der Waals surface area contributed by atoms with E-state index in [-0.39, 0.29) is 6.04 Å². The zero-order valence-electron chi connectivity index (χ0n) is 9.54. The molecule has 2 heterocycles. The molecule has 1 fully saturated rings. The minimum absolute atomic E-state index is 0.206. The van der Waals surface area contributed by atoms with Crippen LogP contribution in [-0.4, -0.2) is 17.7 Å². The fourth-order valence-corrected chi connectivity index (χ4v) is 3.19. The molecule has 2 N–H and O–H groups in total. The van der Waals surface area contributed by atoms with Crippen LogP contribution < -0.4 is 5.32 Å².